The average Bonchev–Trinajstić information content (AvgIpc) is 2.27. The molecule has 1 aromatic rings. The zero-order chi connectivity index (χ0) is 12.1. The number of ether oxygens (including phenoxy) is 2. The number of hydrogen-bond acceptors (Lipinski definition) is 3. The minimum absolute atomic E-state index is 0.276. The predicted octanol–water partition coefficient (Wildman–Crippen LogP) is 2.81. The molecule has 3 nitrogen and oxygen atoms in total. The molecule has 16 heavy (non-hydrogen) atoms. The number of hydrogen-bond donors (Lipinski definition) is 1. The number of rotatable bonds is 5. The number of halogens is 1. The Morgan fingerprint density at radius 1 is 1.31 bits per heavy atom. The lowest BCUT2D eigenvalue weighted by Crippen LogP contribution is -2.06. The Bertz CT molecular complexity index is 355. The van der Waals surface area contributed by atoms with Gasteiger partial charge < -0.3 is 15.2 Å². The zero-order valence-electron chi connectivity index (χ0n) is 9.92. The van der Waals surface area contributed by atoms with Gasteiger partial charge in [-0.05, 0) is 24.9 Å². The molecule has 0 aliphatic heterocycles. The van der Waals surface area contributed by atoms with Crippen molar-refractivity contribution in [2.45, 2.75) is 19.3 Å². The van der Waals surface area contributed by atoms with Crippen LogP contribution in [0.2, 0.25) is 5.02 Å². The van der Waals surface area contributed by atoms with Gasteiger partial charge in [-0.25, -0.2) is 0 Å². The van der Waals surface area contributed by atoms with Crippen molar-refractivity contribution in [3.8, 4) is 11.5 Å². The summed E-state index contributed by atoms with van der Waals surface area (Å²) >= 11 is 6.22. The van der Waals surface area contributed by atoms with Crippen molar-refractivity contribution in [2.75, 3.05) is 20.8 Å². The van der Waals surface area contributed by atoms with Crippen LogP contribution in [0.4, 0.5) is 0 Å². The van der Waals surface area contributed by atoms with E-state index >= 15 is 0 Å². The van der Waals surface area contributed by atoms with Crippen molar-refractivity contribution >= 4 is 11.6 Å². The van der Waals surface area contributed by atoms with Gasteiger partial charge in [0.25, 0.3) is 0 Å². The van der Waals surface area contributed by atoms with Crippen LogP contribution in [0.3, 0.4) is 0 Å². The lowest BCUT2D eigenvalue weighted by Gasteiger charge is -2.17. The van der Waals surface area contributed by atoms with E-state index in [0.29, 0.717) is 17.3 Å². The summed E-state index contributed by atoms with van der Waals surface area (Å²) in [5, 5.41) is 0.664. The molecule has 0 saturated heterocycles. The van der Waals surface area contributed by atoms with Crippen LogP contribution in [0.1, 0.15) is 24.8 Å². The summed E-state index contributed by atoms with van der Waals surface area (Å²) in [7, 11) is 3.23. The van der Waals surface area contributed by atoms with Crippen molar-refractivity contribution in [3.63, 3.8) is 0 Å². The molecule has 0 amide bonds. The Hall–Kier alpha value is -0.930. The Morgan fingerprint density at radius 3 is 2.50 bits per heavy atom. The topological polar surface area (TPSA) is 44.5 Å². The quantitative estimate of drug-likeness (QED) is 0.865. The Morgan fingerprint density at radius 2 is 2.00 bits per heavy atom. The van der Waals surface area contributed by atoms with Crippen LogP contribution < -0.4 is 15.2 Å². The molecule has 1 aromatic carbocycles. The van der Waals surface area contributed by atoms with Crippen molar-refractivity contribution < 1.29 is 9.47 Å². The van der Waals surface area contributed by atoms with E-state index in [1.807, 2.05) is 6.07 Å². The first-order valence-electron chi connectivity index (χ1n) is 5.25. The fourth-order valence-electron chi connectivity index (χ4n) is 1.73. The molecule has 1 unspecified atom stereocenters. The van der Waals surface area contributed by atoms with Gasteiger partial charge in [-0.2, -0.15) is 0 Å². The molecular formula is C12H18ClNO2. The fraction of sp³-hybridized carbons (Fsp3) is 0.500. The normalized spacial score (nSPS) is 12.3. The van der Waals surface area contributed by atoms with Gasteiger partial charge in [-0.1, -0.05) is 18.5 Å². The zero-order valence-corrected chi connectivity index (χ0v) is 10.7. The average molecular weight is 244 g/mol. The maximum Gasteiger partial charge on any atom is 0.127 e. The number of nitrogens with two attached hydrogens (primary N) is 1. The lowest BCUT2D eigenvalue weighted by atomic mass is 9.96. The monoisotopic (exact) mass is 243 g/mol. The van der Waals surface area contributed by atoms with Crippen LogP contribution in [0.25, 0.3) is 0 Å². The largest absolute Gasteiger partial charge is 0.497 e. The standard InChI is InChI=1S/C12H18ClNO2/c1-8(4-5-14)12-10(13)6-9(15-2)7-11(12)16-3/h6-8H,4-5,14H2,1-3H3. The molecule has 0 aliphatic carbocycles. The number of methoxy groups -OCH3 is 2. The highest BCUT2D eigenvalue weighted by molar-refractivity contribution is 6.31. The molecular weight excluding hydrogens is 226 g/mol. The Labute approximate surface area is 101 Å². The van der Waals surface area contributed by atoms with E-state index in [0.717, 1.165) is 17.7 Å². The van der Waals surface area contributed by atoms with Crippen LogP contribution in [0.15, 0.2) is 12.1 Å². The summed E-state index contributed by atoms with van der Waals surface area (Å²) < 4.78 is 10.5. The molecule has 0 heterocycles. The second-order valence-electron chi connectivity index (χ2n) is 3.70. The van der Waals surface area contributed by atoms with E-state index in [4.69, 9.17) is 26.8 Å². The summed E-state index contributed by atoms with van der Waals surface area (Å²) in [6.45, 7) is 2.72. The van der Waals surface area contributed by atoms with Gasteiger partial charge in [0.05, 0.1) is 19.2 Å². The SMILES string of the molecule is COc1cc(Cl)c(C(C)CCN)c(OC)c1. The molecule has 0 aromatic heterocycles. The molecule has 1 rings (SSSR count). The minimum Gasteiger partial charge on any atom is -0.497 e. The molecule has 0 aliphatic rings. The molecule has 0 radical (unpaired) electrons. The molecule has 0 saturated carbocycles. The van der Waals surface area contributed by atoms with Crippen LogP contribution in [0, 0.1) is 0 Å². The summed E-state index contributed by atoms with van der Waals surface area (Å²) in [6.07, 6.45) is 0.877. The Balaban J connectivity index is 3.15. The van der Waals surface area contributed by atoms with Crippen molar-refractivity contribution in [1.82, 2.24) is 0 Å². The van der Waals surface area contributed by atoms with Gasteiger partial charge in [0, 0.05) is 11.6 Å². The molecule has 0 bridgehead atoms. The van der Waals surface area contributed by atoms with Crippen LogP contribution in [-0.2, 0) is 0 Å². The van der Waals surface area contributed by atoms with Crippen molar-refractivity contribution in [2.24, 2.45) is 5.73 Å². The third-order valence-corrected chi connectivity index (χ3v) is 2.93. The van der Waals surface area contributed by atoms with Crippen LogP contribution in [-0.4, -0.2) is 20.8 Å². The first-order chi connectivity index (χ1) is 7.63. The number of benzene rings is 1. The highest BCUT2D eigenvalue weighted by Gasteiger charge is 2.16. The summed E-state index contributed by atoms with van der Waals surface area (Å²) in [5.74, 6) is 1.73. The Kier molecular flexibility index (Phi) is 4.90. The first-order valence-corrected chi connectivity index (χ1v) is 5.63. The summed E-state index contributed by atoms with van der Waals surface area (Å²) in [5.41, 5.74) is 6.55. The highest BCUT2D eigenvalue weighted by Crippen LogP contribution is 2.38. The molecule has 4 heteroatoms. The molecule has 2 N–H and O–H groups in total. The van der Waals surface area contributed by atoms with Gasteiger partial charge in [0.15, 0.2) is 0 Å². The first kappa shape index (κ1) is 13.1. The molecule has 90 valence electrons. The highest BCUT2D eigenvalue weighted by atomic mass is 35.5. The van der Waals surface area contributed by atoms with E-state index in [-0.39, 0.29) is 5.92 Å². The maximum absolute atomic E-state index is 6.22. The van der Waals surface area contributed by atoms with E-state index in [1.54, 1.807) is 20.3 Å². The van der Waals surface area contributed by atoms with E-state index in [1.165, 1.54) is 0 Å². The van der Waals surface area contributed by atoms with Gasteiger partial charge in [0.2, 0.25) is 0 Å². The van der Waals surface area contributed by atoms with Gasteiger partial charge in [-0.15, -0.1) is 0 Å². The van der Waals surface area contributed by atoms with Gasteiger partial charge in [-0.3, -0.25) is 0 Å². The van der Waals surface area contributed by atoms with E-state index in [2.05, 4.69) is 6.92 Å². The van der Waals surface area contributed by atoms with E-state index < -0.39 is 0 Å². The maximum atomic E-state index is 6.22. The van der Waals surface area contributed by atoms with Crippen molar-refractivity contribution in [1.29, 1.82) is 0 Å². The lowest BCUT2D eigenvalue weighted by molar-refractivity contribution is 0.388. The third-order valence-electron chi connectivity index (χ3n) is 2.61. The fourth-order valence-corrected chi connectivity index (χ4v) is 2.12. The molecule has 0 fully saturated rings. The van der Waals surface area contributed by atoms with Crippen LogP contribution in [0.5, 0.6) is 11.5 Å². The van der Waals surface area contributed by atoms with Gasteiger partial charge >= 0.3 is 0 Å². The summed E-state index contributed by atoms with van der Waals surface area (Å²) in [4.78, 5) is 0. The molecule has 0 spiro atoms. The van der Waals surface area contributed by atoms with Crippen molar-refractivity contribution in [3.05, 3.63) is 22.7 Å². The minimum atomic E-state index is 0.276. The van der Waals surface area contributed by atoms with E-state index in [9.17, 15) is 0 Å². The van der Waals surface area contributed by atoms with Gasteiger partial charge in [0.1, 0.15) is 11.5 Å². The van der Waals surface area contributed by atoms with Crippen LogP contribution >= 0.6 is 11.6 Å². The molecule has 1 atom stereocenters. The second-order valence-corrected chi connectivity index (χ2v) is 4.11. The predicted molar refractivity (Wildman–Crippen MR) is 66.6 cm³/mol. The smallest absolute Gasteiger partial charge is 0.127 e. The summed E-state index contributed by atoms with van der Waals surface area (Å²) in [6, 6.07) is 3.64. The second kappa shape index (κ2) is 5.97. The third kappa shape index (κ3) is 2.80.